The lowest BCUT2D eigenvalue weighted by molar-refractivity contribution is -0.113. The molecule has 0 fully saturated rings. The number of hydrogen-bond acceptors (Lipinski definition) is 6. The molecule has 3 N–H and O–H groups in total. The van der Waals surface area contributed by atoms with Crippen molar-refractivity contribution >= 4 is 39.9 Å². The van der Waals surface area contributed by atoms with Gasteiger partial charge in [0.05, 0.1) is 11.3 Å². The van der Waals surface area contributed by atoms with Crippen molar-refractivity contribution in [2.45, 2.75) is 51.7 Å². The van der Waals surface area contributed by atoms with Gasteiger partial charge in [-0.3, -0.25) is 9.59 Å². The van der Waals surface area contributed by atoms with Crippen molar-refractivity contribution in [3.8, 4) is 0 Å². The predicted molar refractivity (Wildman–Crippen MR) is 104 cm³/mol. The first kappa shape index (κ1) is 18.9. The number of aromatic nitrogens is 3. The van der Waals surface area contributed by atoms with Crippen molar-refractivity contribution in [3.63, 3.8) is 0 Å². The third kappa shape index (κ3) is 3.78. The molecule has 1 aliphatic carbocycles. The summed E-state index contributed by atoms with van der Waals surface area (Å²) in [6.45, 7) is 6.85. The van der Waals surface area contributed by atoms with E-state index in [9.17, 15) is 9.59 Å². The van der Waals surface area contributed by atoms with E-state index in [-0.39, 0.29) is 11.7 Å². The fourth-order valence-electron chi connectivity index (χ4n) is 3.22. The van der Waals surface area contributed by atoms with Crippen molar-refractivity contribution < 1.29 is 9.59 Å². The maximum Gasteiger partial charge on any atom is 0.251 e. The Labute approximate surface area is 160 Å². The van der Waals surface area contributed by atoms with Gasteiger partial charge in [0.2, 0.25) is 5.91 Å². The third-order valence-electron chi connectivity index (χ3n) is 4.56. The molecule has 0 aliphatic heterocycles. The number of amides is 2. The minimum atomic E-state index is -0.471. The smallest absolute Gasteiger partial charge is 0.251 e. The van der Waals surface area contributed by atoms with Crippen molar-refractivity contribution in [2.75, 3.05) is 11.1 Å². The van der Waals surface area contributed by atoms with Gasteiger partial charge in [0.1, 0.15) is 10.8 Å². The summed E-state index contributed by atoms with van der Waals surface area (Å²) in [5.41, 5.74) is 7.10. The maximum absolute atomic E-state index is 12.4. The van der Waals surface area contributed by atoms with Gasteiger partial charge >= 0.3 is 0 Å². The number of rotatable bonds is 6. The van der Waals surface area contributed by atoms with Crippen LogP contribution in [0.4, 0.5) is 5.00 Å². The highest BCUT2D eigenvalue weighted by Gasteiger charge is 2.27. The topological polar surface area (TPSA) is 103 Å². The predicted octanol–water partition coefficient (Wildman–Crippen LogP) is 2.62. The van der Waals surface area contributed by atoms with E-state index >= 15 is 0 Å². The molecule has 1 unspecified atom stereocenters. The maximum atomic E-state index is 12.4. The van der Waals surface area contributed by atoms with E-state index in [0.717, 1.165) is 42.4 Å². The summed E-state index contributed by atoms with van der Waals surface area (Å²) in [4.78, 5) is 25.5. The van der Waals surface area contributed by atoms with Gasteiger partial charge in [-0.15, -0.1) is 21.5 Å². The Morgan fingerprint density at radius 2 is 2.19 bits per heavy atom. The van der Waals surface area contributed by atoms with Crippen LogP contribution in [0.3, 0.4) is 0 Å². The van der Waals surface area contributed by atoms with Crippen LogP contribution in [-0.2, 0) is 24.2 Å². The molecule has 1 aliphatic rings. The minimum absolute atomic E-state index is 0.174. The van der Waals surface area contributed by atoms with Gasteiger partial charge in [0, 0.05) is 11.4 Å². The summed E-state index contributed by atoms with van der Waals surface area (Å²) in [6.07, 6.45) is 2.82. The van der Waals surface area contributed by atoms with Crippen molar-refractivity contribution in [1.82, 2.24) is 14.8 Å². The quantitative estimate of drug-likeness (QED) is 0.735. The molecule has 2 aromatic heterocycles. The number of carbonyl (C=O) groups is 2. The molecule has 0 saturated heterocycles. The summed E-state index contributed by atoms with van der Waals surface area (Å²) < 4.78 is 1.96. The minimum Gasteiger partial charge on any atom is -0.365 e. The van der Waals surface area contributed by atoms with Gasteiger partial charge < -0.3 is 15.6 Å². The van der Waals surface area contributed by atoms with Gasteiger partial charge in [-0.1, -0.05) is 18.7 Å². The molecular weight excluding hydrogens is 370 g/mol. The third-order valence-corrected chi connectivity index (χ3v) is 6.70. The van der Waals surface area contributed by atoms with Crippen LogP contribution in [0.5, 0.6) is 0 Å². The van der Waals surface area contributed by atoms with E-state index in [4.69, 9.17) is 5.73 Å². The van der Waals surface area contributed by atoms with Crippen LogP contribution in [0, 0.1) is 12.8 Å². The molecule has 0 radical (unpaired) electrons. The van der Waals surface area contributed by atoms with Crippen LogP contribution < -0.4 is 11.1 Å². The fraction of sp³-hybridized carbons (Fsp3) is 0.529. The Hall–Kier alpha value is -1.87. The Morgan fingerprint density at radius 3 is 2.88 bits per heavy atom. The van der Waals surface area contributed by atoms with Crippen molar-refractivity contribution in [2.24, 2.45) is 11.7 Å². The molecule has 2 aromatic rings. The molecular formula is C17H23N5O2S2. The first-order chi connectivity index (χ1) is 12.4. The lowest BCUT2D eigenvalue weighted by atomic mass is 9.88. The van der Waals surface area contributed by atoms with Crippen molar-refractivity contribution in [3.05, 3.63) is 21.8 Å². The highest BCUT2D eigenvalue weighted by Crippen LogP contribution is 2.39. The number of nitrogens with two attached hydrogens (primary N) is 1. The fourth-order valence-corrected chi connectivity index (χ4v) is 5.50. The normalized spacial score (nSPS) is 16.3. The number of nitrogens with one attached hydrogen (secondary N) is 1. The number of fused-ring (bicyclic) bond motifs is 1. The van der Waals surface area contributed by atoms with Crippen LogP contribution in [-0.4, -0.2) is 32.3 Å². The van der Waals surface area contributed by atoms with Crippen LogP contribution in [0.1, 0.15) is 46.9 Å². The van der Waals surface area contributed by atoms with Crippen molar-refractivity contribution in [1.29, 1.82) is 0 Å². The second-order valence-electron chi connectivity index (χ2n) is 6.53. The molecule has 0 spiro atoms. The van der Waals surface area contributed by atoms with E-state index in [2.05, 4.69) is 22.4 Å². The molecule has 0 aromatic carbocycles. The van der Waals surface area contributed by atoms with E-state index in [0.29, 0.717) is 16.5 Å². The van der Waals surface area contributed by atoms with Crippen LogP contribution in [0.2, 0.25) is 0 Å². The van der Waals surface area contributed by atoms with Gasteiger partial charge in [0.25, 0.3) is 5.91 Å². The summed E-state index contributed by atoms with van der Waals surface area (Å²) in [6, 6.07) is 0. The zero-order valence-electron chi connectivity index (χ0n) is 15.2. The van der Waals surface area contributed by atoms with Gasteiger partial charge in [-0.2, -0.15) is 0 Å². The van der Waals surface area contributed by atoms with E-state index in [1.54, 1.807) is 0 Å². The number of aryl methyl sites for hydroxylation is 1. The molecule has 9 heteroatoms. The number of nitrogens with zero attached hydrogens (tertiary/aromatic N) is 3. The number of anilines is 1. The second kappa shape index (κ2) is 7.79. The first-order valence-electron chi connectivity index (χ1n) is 8.67. The average Bonchev–Trinajstić information content (AvgIpc) is 3.11. The number of carbonyl (C=O) groups excluding carboxylic acids is 2. The number of thiophene rings is 1. The van der Waals surface area contributed by atoms with Crippen LogP contribution >= 0.6 is 23.1 Å². The largest absolute Gasteiger partial charge is 0.365 e. The summed E-state index contributed by atoms with van der Waals surface area (Å²) >= 11 is 2.82. The Balaban J connectivity index is 1.72. The molecule has 140 valence electrons. The SMILES string of the molecule is CCn1c(C)nnc1SCC(=O)Nc1sc2c(c1C(N)=O)CCC(C)C2. The van der Waals surface area contributed by atoms with E-state index < -0.39 is 5.91 Å². The molecule has 3 rings (SSSR count). The van der Waals surface area contributed by atoms with Gasteiger partial charge in [0.15, 0.2) is 5.16 Å². The lowest BCUT2D eigenvalue weighted by Gasteiger charge is -2.18. The summed E-state index contributed by atoms with van der Waals surface area (Å²) in [5, 5.41) is 12.3. The molecule has 0 bridgehead atoms. The van der Waals surface area contributed by atoms with Gasteiger partial charge in [-0.25, -0.2) is 0 Å². The van der Waals surface area contributed by atoms with E-state index in [1.807, 2.05) is 18.4 Å². The highest BCUT2D eigenvalue weighted by atomic mass is 32.2. The van der Waals surface area contributed by atoms with Crippen LogP contribution in [0.25, 0.3) is 0 Å². The van der Waals surface area contributed by atoms with Gasteiger partial charge in [-0.05, 0) is 44.6 Å². The molecule has 7 nitrogen and oxygen atoms in total. The van der Waals surface area contributed by atoms with Crippen LogP contribution in [0.15, 0.2) is 5.16 Å². The average molecular weight is 394 g/mol. The Bertz CT molecular complexity index is 843. The number of hydrogen-bond donors (Lipinski definition) is 2. The highest BCUT2D eigenvalue weighted by molar-refractivity contribution is 7.99. The second-order valence-corrected chi connectivity index (χ2v) is 8.58. The lowest BCUT2D eigenvalue weighted by Crippen LogP contribution is -2.20. The molecule has 1 atom stereocenters. The molecule has 0 saturated carbocycles. The Kier molecular flexibility index (Phi) is 5.67. The molecule has 2 heterocycles. The zero-order chi connectivity index (χ0) is 18.8. The number of thioether (sulfide) groups is 1. The monoisotopic (exact) mass is 393 g/mol. The Morgan fingerprint density at radius 1 is 1.42 bits per heavy atom. The standard InChI is InChI=1S/C17H23N5O2S2/c1-4-22-10(3)20-21-17(22)25-8-13(23)19-16-14(15(18)24)11-6-5-9(2)7-12(11)26-16/h9H,4-8H2,1-3H3,(H2,18,24)(H,19,23). The summed E-state index contributed by atoms with van der Waals surface area (Å²) in [7, 11) is 0. The molecule has 26 heavy (non-hydrogen) atoms. The number of primary amides is 1. The summed E-state index contributed by atoms with van der Waals surface area (Å²) in [5.74, 6) is 0.972. The zero-order valence-corrected chi connectivity index (χ0v) is 16.8. The molecule has 2 amide bonds. The first-order valence-corrected chi connectivity index (χ1v) is 10.5. The van der Waals surface area contributed by atoms with E-state index in [1.165, 1.54) is 28.0 Å².